The zero-order valence-corrected chi connectivity index (χ0v) is 11.5. The summed E-state index contributed by atoms with van der Waals surface area (Å²) in [4.78, 5) is 5.58. The number of nitrogens with zero attached hydrogens (tertiary/aromatic N) is 2. The van der Waals surface area contributed by atoms with Crippen molar-refractivity contribution in [2.24, 2.45) is 5.73 Å². The third kappa shape index (κ3) is 4.37. The standard InChI is InChI=1S/C14H21N3S/c15-14(18)6-7-16-8-10-17(11-9-16)12-13-4-2-1-3-5-13/h1-5H,6-12H2,(H2,15,18). The quantitative estimate of drug-likeness (QED) is 0.816. The number of hydrogen-bond acceptors (Lipinski definition) is 3. The molecule has 3 nitrogen and oxygen atoms in total. The van der Waals surface area contributed by atoms with Crippen LogP contribution in [0.4, 0.5) is 0 Å². The fourth-order valence-electron chi connectivity index (χ4n) is 2.28. The molecular formula is C14H21N3S. The van der Waals surface area contributed by atoms with E-state index in [0.29, 0.717) is 4.99 Å². The van der Waals surface area contributed by atoms with Gasteiger partial charge in [0.15, 0.2) is 0 Å². The Morgan fingerprint density at radius 1 is 1.06 bits per heavy atom. The van der Waals surface area contributed by atoms with Crippen LogP contribution in [-0.4, -0.2) is 47.5 Å². The minimum atomic E-state index is 0.627. The second kappa shape index (κ2) is 6.83. The first-order valence-corrected chi connectivity index (χ1v) is 6.92. The Labute approximate surface area is 115 Å². The van der Waals surface area contributed by atoms with Crippen LogP contribution in [0.3, 0.4) is 0 Å². The number of nitrogens with two attached hydrogens (primary N) is 1. The van der Waals surface area contributed by atoms with Crippen molar-refractivity contribution in [3.63, 3.8) is 0 Å². The van der Waals surface area contributed by atoms with Gasteiger partial charge in [-0.2, -0.15) is 0 Å². The minimum Gasteiger partial charge on any atom is -0.393 e. The maximum Gasteiger partial charge on any atom is 0.0740 e. The van der Waals surface area contributed by atoms with Gasteiger partial charge in [-0.1, -0.05) is 42.5 Å². The number of benzene rings is 1. The zero-order chi connectivity index (χ0) is 12.8. The average molecular weight is 263 g/mol. The lowest BCUT2D eigenvalue weighted by Gasteiger charge is -2.34. The van der Waals surface area contributed by atoms with Gasteiger partial charge in [-0.3, -0.25) is 4.90 Å². The first kappa shape index (κ1) is 13.5. The summed E-state index contributed by atoms with van der Waals surface area (Å²) in [5.41, 5.74) is 6.93. The molecule has 1 aliphatic heterocycles. The molecule has 0 radical (unpaired) electrons. The smallest absolute Gasteiger partial charge is 0.0740 e. The highest BCUT2D eigenvalue weighted by atomic mass is 32.1. The highest BCUT2D eigenvalue weighted by Crippen LogP contribution is 2.08. The third-order valence-corrected chi connectivity index (χ3v) is 3.59. The first-order valence-electron chi connectivity index (χ1n) is 6.51. The molecular weight excluding hydrogens is 242 g/mol. The van der Waals surface area contributed by atoms with E-state index in [1.165, 1.54) is 5.56 Å². The van der Waals surface area contributed by atoms with Crippen molar-refractivity contribution in [3.8, 4) is 0 Å². The fourth-order valence-corrected chi connectivity index (χ4v) is 2.37. The molecule has 2 rings (SSSR count). The lowest BCUT2D eigenvalue weighted by molar-refractivity contribution is 0.129. The molecule has 1 aromatic carbocycles. The molecule has 0 aliphatic carbocycles. The summed E-state index contributed by atoms with van der Waals surface area (Å²) in [7, 11) is 0. The lowest BCUT2D eigenvalue weighted by atomic mass is 10.2. The number of hydrogen-bond donors (Lipinski definition) is 1. The van der Waals surface area contributed by atoms with Crippen LogP contribution in [0.15, 0.2) is 30.3 Å². The van der Waals surface area contributed by atoms with Gasteiger partial charge in [-0.05, 0) is 5.56 Å². The molecule has 1 heterocycles. The van der Waals surface area contributed by atoms with Crippen LogP contribution in [0.5, 0.6) is 0 Å². The van der Waals surface area contributed by atoms with Crippen molar-refractivity contribution in [2.45, 2.75) is 13.0 Å². The normalized spacial score (nSPS) is 17.8. The Morgan fingerprint density at radius 3 is 2.28 bits per heavy atom. The van der Waals surface area contributed by atoms with Gasteiger partial charge in [0.1, 0.15) is 0 Å². The highest BCUT2D eigenvalue weighted by molar-refractivity contribution is 7.80. The molecule has 0 spiro atoms. The van der Waals surface area contributed by atoms with Gasteiger partial charge < -0.3 is 10.6 Å². The molecule has 18 heavy (non-hydrogen) atoms. The molecule has 2 N–H and O–H groups in total. The Bertz CT molecular complexity index is 372. The number of thiocarbonyl (C=S) groups is 1. The number of rotatable bonds is 5. The molecule has 4 heteroatoms. The predicted octanol–water partition coefficient (Wildman–Crippen LogP) is 1.48. The molecule has 1 saturated heterocycles. The van der Waals surface area contributed by atoms with Crippen LogP contribution in [-0.2, 0) is 6.54 Å². The van der Waals surface area contributed by atoms with Gasteiger partial charge in [0, 0.05) is 45.7 Å². The monoisotopic (exact) mass is 263 g/mol. The molecule has 1 aromatic rings. The van der Waals surface area contributed by atoms with Crippen molar-refractivity contribution >= 4 is 17.2 Å². The lowest BCUT2D eigenvalue weighted by Crippen LogP contribution is -2.46. The van der Waals surface area contributed by atoms with Gasteiger partial charge >= 0.3 is 0 Å². The summed E-state index contributed by atoms with van der Waals surface area (Å²) in [6, 6.07) is 10.7. The Morgan fingerprint density at radius 2 is 1.67 bits per heavy atom. The Hall–Kier alpha value is -0.970. The molecule has 0 unspecified atom stereocenters. The van der Waals surface area contributed by atoms with Gasteiger partial charge in [0.25, 0.3) is 0 Å². The van der Waals surface area contributed by atoms with Crippen molar-refractivity contribution in [3.05, 3.63) is 35.9 Å². The SMILES string of the molecule is NC(=S)CCN1CCN(Cc2ccccc2)CC1. The van der Waals surface area contributed by atoms with Crippen LogP contribution in [0.2, 0.25) is 0 Å². The molecule has 0 atom stereocenters. The fraction of sp³-hybridized carbons (Fsp3) is 0.500. The number of piperazine rings is 1. The molecule has 0 saturated carbocycles. The van der Waals surface area contributed by atoms with Gasteiger partial charge in [0.05, 0.1) is 4.99 Å². The molecule has 0 bridgehead atoms. The van der Waals surface area contributed by atoms with E-state index in [1.54, 1.807) is 0 Å². The van der Waals surface area contributed by atoms with E-state index in [-0.39, 0.29) is 0 Å². The second-order valence-corrected chi connectivity index (χ2v) is 5.34. The van der Waals surface area contributed by atoms with Gasteiger partial charge in [0.2, 0.25) is 0 Å². The third-order valence-electron chi connectivity index (χ3n) is 3.39. The van der Waals surface area contributed by atoms with E-state index in [4.69, 9.17) is 18.0 Å². The maximum atomic E-state index is 5.53. The second-order valence-electron chi connectivity index (χ2n) is 4.82. The first-order chi connectivity index (χ1) is 8.74. The van der Waals surface area contributed by atoms with Crippen molar-refractivity contribution in [1.82, 2.24) is 9.80 Å². The van der Waals surface area contributed by atoms with Crippen molar-refractivity contribution in [1.29, 1.82) is 0 Å². The van der Waals surface area contributed by atoms with Crippen LogP contribution < -0.4 is 5.73 Å². The highest BCUT2D eigenvalue weighted by Gasteiger charge is 2.16. The zero-order valence-electron chi connectivity index (χ0n) is 10.7. The van der Waals surface area contributed by atoms with Crippen LogP contribution in [0.1, 0.15) is 12.0 Å². The molecule has 0 aromatic heterocycles. The Balaban J connectivity index is 1.72. The summed E-state index contributed by atoms with van der Waals surface area (Å²) in [5, 5.41) is 0. The van der Waals surface area contributed by atoms with E-state index in [2.05, 4.69) is 40.1 Å². The summed E-state index contributed by atoms with van der Waals surface area (Å²) >= 11 is 4.91. The topological polar surface area (TPSA) is 32.5 Å². The van der Waals surface area contributed by atoms with Crippen LogP contribution in [0, 0.1) is 0 Å². The molecule has 1 aliphatic rings. The minimum absolute atomic E-state index is 0.627. The van der Waals surface area contributed by atoms with E-state index >= 15 is 0 Å². The van der Waals surface area contributed by atoms with Crippen molar-refractivity contribution in [2.75, 3.05) is 32.7 Å². The van der Waals surface area contributed by atoms with Crippen molar-refractivity contribution < 1.29 is 0 Å². The van der Waals surface area contributed by atoms with E-state index in [9.17, 15) is 0 Å². The van der Waals surface area contributed by atoms with E-state index < -0.39 is 0 Å². The predicted molar refractivity (Wildman–Crippen MR) is 79.6 cm³/mol. The van der Waals surface area contributed by atoms with Gasteiger partial charge in [-0.15, -0.1) is 0 Å². The summed E-state index contributed by atoms with van der Waals surface area (Å²) in [5.74, 6) is 0. The van der Waals surface area contributed by atoms with E-state index in [1.807, 2.05) is 0 Å². The van der Waals surface area contributed by atoms with Crippen LogP contribution in [0.25, 0.3) is 0 Å². The summed E-state index contributed by atoms with van der Waals surface area (Å²) in [6.07, 6.45) is 0.841. The maximum absolute atomic E-state index is 5.53. The largest absolute Gasteiger partial charge is 0.393 e. The van der Waals surface area contributed by atoms with Crippen LogP contribution >= 0.6 is 12.2 Å². The average Bonchev–Trinajstić information content (AvgIpc) is 2.39. The summed E-state index contributed by atoms with van der Waals surface area (Å²) < 4.78 is 0. The van der Waals surface area contributed by atoms with Gasteiger partial charge in [-0.25, -0.2) is 0 Å². The molecule has 98 valence electrons. The Kier molecular flexibility index (Phi) is 5.11. The summed E-state index contributed by atoms with van der Waals surface area (Å²) in [6.45, 7) is 6.57. The molecule has 0 amide bonds. The van der Waals surface area contributed by atoms with E-state index in [0.717, 1.165) is 45.7 Å². The molecule has 1 fully saturated rings.